The third-order valence-electron chi connectivity index (χ3n) is 4.76. The quantitative estimate of drug-likeness (QED) is 0.632. The summed E-state index contributed by atoms with van der Waals surface area (Å²) in [5.41, 5.74) is 2.34. The van der Waals surface area contributed by atoms with Gasteiger partial charge in [0, 0.05) is 31.1 Å². The molecule has 28 heavy (non-hydrogen) atoms. The molecule has 1 amide bonds. The molecule has 0 saturated heterocycles. The van der Waals surface area contributed by atoms with Crippen molar-refractivity contribution in [1.82, 2.24) is 19.9 Å². The molecule has 6 heteroatoms. The minimum Gasteiger partial charge on any atom is -0.497 e. The van der Waals surface area contributed by atoms with Gasteiger partial charge in [-0.15, -0.1) is 0 Å². The van der Waals surface area contributed by atoms with Gasteiger partial charge in [-0.2, -0.15) is 0 Å². The van der Waals surface area contributed by atoms with Gasteiger partial charge in [0.25, 0.3) is 5.91 Å². The largest absolute Gasteiger partial charge is 0.497 e. The zero-order chi connectivity index (χ0) is 19.3. The molecule has 0 unspecified atom stereocenters. The first kappa shape index (κ1) is 18.1. The van der Waals surface area contributed by atoms with Gasteiger partial charge >= 0.3 is 0 Å². The molecular formula is C22H22N4O2. The highest BCUT2D eigenvalue weighted by Crippen LogP contribution is 2.37. The summed E-state index contributed by atoms with van der Waals surface area (Å²) in [4.78, 5) is 28.1. The molecule has 3 aromatic rings. The number of nitrogens with zero attached hydrogens (tertiary/aromatic N) is 4. The number of benzene rings is 1. The van der Waals surface area contributed by atoms with Crippen molar-refractivity contribution in [3.63, 3.8) is 0 Å². The molecule has 1 aromatic carbocycles. The van der Waals surface area contributed by atoms with E-state index in [1.807, 2.05) is 42.5 Å². The van der Waals surface area contributed by atoms with Gasteiger partial charge in [-0.1, -0.05) is 18.2 Å². The van der Waals surface area contributed by atoms with E-state index in [4.69, 9.17) is 4.74 Å². The van der Waals surface area contributed by atoms with Gasteiger partial charge in [0.2, 0.25) is 0 Å². The smallest absolute Gasteiger partial charge is 0.257 e. The monoisotopic (exact) mass is 374 g/mol. The van der Waals surface area contributed by atoms with Crippen LogP contribution in [0.25, 0.3) is 0 Å². The van der Waals surface area contributed by atoms with E-state index >= 15 is 0 Å². The summed E-state index contributed by atoms with van der Waals surface area (Å²) in [5.74, 6) is 1.98. The fourth-order valence-electron chi connectivity index (χ4n) is 3.02. The molecule has 1 aliphatic rings. The molecule has 6 nitrogen and oxygen atoms in total. The van der Waals surface area contributed by atoms with Gasteiger partial charge in [-0.25, -0.2) is 9.97 Å². The predicted octanol–water partition coefficient (Wildman–Crippen LogP) is 3.60. The number of pyridine rings is 1. The summed E-state index contributed by atoms with van der Waals surface area (Å²) in [7, 11) is 1.64. The summed E-state index contributed by atoms with van der Waals surface area (Å²) in [6.07, 6.45) is 7.29. The van der Waals surface area contributed by atoms with Crippen molar-refractivity contribution in [2.75, 3.05) is 7.11 Å². The minimum atomic E-state index is -0.108. The van der Waals surface area contributed by atoms with Crippen LogP contribution >= 0.6 is 0 Å². The Hall–Kier alpha value is -3.28. The molecule has 1 aliphatic carbocycles. The van der Waals surface area contributed by atoms with Crippen LogP contribution in [0.1, 0.15) is 46.2 Å². The maximum absolute atomic E-state index is 13.2. The Labute approximate surface area is 164 Å². The fraction of sp³-hybridized carbons (Fsp3) is 0.273. The molecule has 0 radical (unpaired) electrons. The van der Waals surface area contributed by atoms with E-state index < -0.39 is 0 Å². The lowest BCUT2D eigenvalue weighted by Gasteiger charge is -2.22. The van der Waals surface area contributed by atoms with E-state index in [1.54, 1.807) is 30.6 Å². The van der Waals surface area contributed by atoms with Crippen LogP contribution < -0.4 is 4.74 Å². The van der Waals surface area contributed by atoms with Gasteiger partial charge < -0.3 is 9.64 Å². The number of carbonyl (C=O) groups is 1. The van der Waals surface area contributed by atoms with E-state index in [-0.39, 0.29) is 5.91 Å². The molecule has 2 heterocycles. The second kappa shape index (κ2) is 8.17. The number of ether oxygens (including phenoxy) is 1. The third-order valence-corrected chi connectivity index (χ3v) is 4.76. The Balaban J connectivity index is 1.56. The van der Waals surface area contributed by atoms with Crippen molar-refractivity contribution in [3.8, 4) is 5.75 Å². The second-order valence-electron chi connectivity index (χ2n) is 6.93. The molecule has 142 valence electrons. The predicted molar refractivity (Wildman–Crippen MR) is 105 cm³/mol. The number of hydrogen-bond donors (Lipinski definition) is 0. The van der Waals surface area contributed by atoms with Crippen molar-refractivity contribution >= 4 is 5.91 Å². The first-order valence-electron chi connectivity index (χ1n) is 9.37. The fourth-order valence-corrected chi connectivity index (χ4v) is 3.02. The number of carbonyl (C=O) groups excluding carboxylic acids is 1. The average molecular weight is 374 g/mol. The number of rotatable bonds is 7. The Morgan fingerprint density at radius 3 is 2.39 bits per heavy atom. The zero-order valence-electron chi connectivity index (χ0n) is 15.8. The lowest BCUT2D eigenvalue weighted by atomic mass is 10.1. The first-order chi connectivity index (χ1) is 13.7. The Morgan fingerprint density at radius 1 is 1.04 bits per heavy atom. The molecule has 2 aromatic heterocycles. The van der Waals surface area contributed by atoms with Crippen molar-refractivity contribution in [2.24, 2.45) is 0 Å². The van der Waals surface area contributed by atoms with Crippen LogP contribution in [-0.4, -0.2) is 32.9 Å². The van der Waals surface area contributed by atoms with E-state index in [0.717, 1.165) is 35.7 Å². The lowest BCUT2D eigenvalue weighted by molar-refractivity contribution is 0.0727. The molecular weight excluding hydrogens is 352 g/mol. The zero-order valence-corrected chi connectivity index (χ0v) is 15.8. The van der Waals surface area contributed by atoms with Gasteiger partial charge in [0.05, 0.1) is 24.9 Å². The minimum absolute atomic E-state index is 0.108. The van der Waals surface area contributed by atoms with Crippen LogP contribution in [0.15, 0.2) is 61.1 Å². The van der Waals surface area contributed by atoms with Crippen LogP contribution in [0.5, 0.6) is 5.75 Å². The molecule has 0 aliphatic heterocycles. The summed E-state index contributed by atoms with van der Waals surface area (Å²) < 4.78 is 5.22. The lowest BCUT2D eigenvalue weighted by Crippen LogP contribution is -2.30. The number of amides is 1. The summed E-state index contributed by atoms with van der Waals surface area (Å²) >= 11 is 0. The second-order valence-corrected chi connectivity index (χ2v) is 6.93. The van der Waals surface area contributed by atoms with Gasteiger partial charge in [-0.05, 0) is 42.7 Å². The Kier molecular flexibility index (Phi) is 5.28. The van der Waals surface area contributed by atoms with Gasteiger partial charge in [-0.3, -0.25) is 9.78 Å². The summed E-state index contributed by atoms with van der Waals surface area (Å²) in [6, 6.07) is 13.4. The topological polar surface area (TPSA) is 68.2 Å². The van der Waals surface area contributed by atoms with Gasteiger partial charge in [0.15, 0.2) is 0 Å². The molecule has 0 bridgehead atoms. The van der Waals surface area contributed by atoms with Crippen LogP contribution in [-0.2, 0) is 13.1 Å². The number of methoxy groups -OCH3 is 1. The average Bonchev–Trinajstić information content (AvgIpc) is 3.60. The van der Waals surface area contributed by atoms with Crippen molar-refractivity contribution in [3.05, 3.63) is 83.7 Å². The van der Waals surface area contributed by atoms with Crippen LogP contribution in [0.2, 0.25) is 0 Å². The third kappa shape index (κ3) is 4.34. The van der Waals surface area contributed by atoms with E-state index in [0.29, 0.717) is 24.6 Å². The van der Waals surface area contributed by atoms with Crippen molar-refractivity contribution in [2.45, 2.75) is 31.8 Å². The SMILES string of the molecule is COc1ccc(CN(Cc2ccccn2)C(=O)c2cnc(C3CC3)nc2)cc1. The van der Waals surface area contributed by atoms with E-state index in [2.05, 4.69) is 15.0 Å². The van der Waals surface area contributed by atoms with Crippen LogP contribution in [0.3, 0.4) is 0 Å². The highest BCUT2D eigenvalue weighted by molar-refractivity contribution is 5.93. The number of aromatic nitrogens is 3. The van der Waals surface area contributed by atoms with Crippen molar-refractivity contribution < 1.29 is 9.53 Å². The highest BCUT2D eigenvalue weighted by atomic mass is 16.5. The van der Waals surface area contributed by atoms with Gasteiger partial charge in [0.1, 0.15) is 11.6 Å². The molecule has 0 atom stereocenters. The molecule has 0 N–H and O–H groups in total. The van der Waals surface area contributed by atoms with E-state index in [9.17, 15) is 4.79 Å². The first-order valence-corrected chi connectivity index (χ1v) is 9.37. The maximum Gasteiger partial charge on any atom is 0.257 e. The van der Waals surface area contributed by atoms with Crippen LogP contribution in [0.4, 0.5) is 0 Å². The summed E-state index contributed by atoms with van der Waals surface area (Å²) in [6.45, 7) is 0.875. The molecule has 0 spiro atoms. The van der Waals surface area contributed by atoms with Crippen LogP contribution in [0, 0.1) is 0 Å². The molecule has 1 fully saturated rings. The van der Waals surface area contributed by atoms with Crippen molar-refractivity contribution in [1.29, 1.82) is 0 Å². The van der Waals surface area contributed by atoms with E-state index in [1.165, 1.54) is 0 Å². The standard InChI is InChI=1S/C22H22N4O2/c1-28-20-9-5-16(6-10-20)14-26(15-19-4-2-3-11-23-19)22(27)18-12-24-21(25-13-18)17-7-8-17/h2-6,9-13,17H,7-8,14-15H2,1H3. The molecule has 4 rings (SSSR count). The normalized spacial score (nSPS) is 13.2. The molecule has 1 saturated carbocycles. The number of hydrogen-bond acceptors (Lipinski definition) is 5. The highest BCUT2D eigenvalue weighted by Gasteiger charge is 2.27. The summed E-state index contributed by atoms with van der Waals surface area (Å²) in [5, 5.41) is 0. The Bertz CT molecular complexity index is 923. The Morgan fingerprint density at radius 2 is 1.79 bits per heavy atom. The maximum atomic E-state index is 13.2.